The molecule has 0 unspecified atom stereocenters. The third-order valence-corrected chi connectivity index (χ3v) is 3.29. The van der Waals surface area contributed by atoms with Crippen LogP contribution in [-0.2, 0) is 12.8 Å². The van der Waals surface area contributed by atoms with Crippen LogP contribution in [0.3, 0.4) is 0 Å². The van der Waals surface area contributed by atoms with Gasteiger partial charge in [0, 0.05) is 6.42 Å². The molecule has 0 bridgehead atoms. The standard InChI is InChI=1S/C16H22N4O/c1-3-14-18-15(20-17)12(2)16(19-14)21-11-7-10-13-8-5-4-6-9-13/h4-6,8-9H,3,7,10-11,17H2,1-2H3,(H,18,19,20). The Morgan fingerprint density at radius 2 is 1.95 bits per heavy atom. The first kappa shape index (κ1) is 15.3. The van der Waals surface area contributed by atoms with E-state index in [-0.39, 0.29) is 0 Å². The van der Waals surface area contributed by atoms with Crippen LogP contribution in [0.4, 0.5) is 5.82 Å². The number of nitrogens with zero attached hydrogens (tertiary/aromatic N) is 2. The molecule has 21 heavy (non-hydrogen) atoms. The number of nitrogens with two attached hydrogens (primary N) is 1. The van der Waals surface area contributed by atoms with E-state index >= 15 is 0 Å². The fraction of sp³-hybridized carbons (Fsp3) is 0.375. The first-order valence-corrected chi connectivity index (χ1v) is 7.25. The van der Waals surface area contributed by atoms with Gasteiger partial charge >= 0.3 is 0 Å². The summed E-state index contributed by atoms with van der Waals surface area (Å²) in [5, 5.41) is 0. The SMILES string of the molecule is CCc1nc(NN)c(C)c(OCCCc2ccccc2)n1. The Bertz CT molecular complexity index is 572. The van der Waals surface area contributed by atoms with E-state index in [4.69, 9.17) is 10.6 Å². The number of aromatic nitrogens is 2. The molecule has 5 nitrogen and oxygen atoms in total. The van der Waals surface area contributed by atoms with Crippen LogP contribution in [0, 0.1) is 6.92 Å². The molecular weight excluding hydrogens is 264 g/mol. The first-order valence-electron chi connectivity index (χ1n) is 7.25. The van der Waals surface area contributed by atoms with E-state index in [9.17, 15) is 0 Å². The minimum absolute atomic E-state index is 0.614. The molecule has 2 rings (SSSR count). The topological polar surface area (TPSA) is 73.1 Å². The summed E-state index contributed by atoms with van der Waals surface area (Å²) in [6, 6.07) is 10.4. The first-order chi connectivity index (χ1) is 10.2. The van der Waals surface area contributed by atoms with Gasteiger partial charge in [-0.2, -0.15) is 4.98 Å². The predicted octanol–water partition coefficient (Wildman–Crippen LogP) is 2.64. The van der Waals surface area contributed by atoms with Crippen LogP contribution >= 0.6 is 0 Å². The smallest absolute Gasteiger partial charge is 0.221 e. The molecule has 2 aromatic rings. The molecule has 1 heterocycles. The average molecular weight is 286 g/mol. The number of nitrogen functional groups attached to an aromatic ring is 1. The summed E-state index contributed by atoms with van der Waals surface area (Å²) in [6.07, 6.45) is 2.68. The summed E-state index contributed by atoms with van der Waals surface area (Å²) in [5.74, 6) is 7.45. The highest BCUT2D eigenvalue weighted by atomic mass is 16.5. The second-order valence-corrected chi connectivity index (χ2v) is 4.85. The highest BCUT2D eigenvalue weighted by molar-refractivity contribution is 5.47. The number of anilines is 1. The van der Waals surface area contributed by atoms with Crippen LogP contribution in [0.15, 0.2) is 30.3 Å². The molecule has 112 valence electrons. The predicted molar refractivity (Wildman–Crippen MR) is 84.2 cm³/mol. The third kappa shape index (κ3) is 4.16. The van der Waals surface area contributed by atoms with Crippen LogP contribution < -0.4 is 16.0 Å². The van der Waals surface area contributed by atoms with Crippen molar-refractivity contribution in [1.29, 1.82) is 0 Å². The molecule has 0 saturated carbocycles. The number of hydrazine groups is 1. The second-order valence-electron chi connectivity index (χ2n) is 4.85. The monoisotopic (exact) mass is 286 g/mol. The Hall–Kier alpha value is -2.14. The summed E-state index contributed by atoms with van der Waals surface area (Å²) in [6.45, 7) is 4.53. The van der Waals surface area contributed by atoms with Gasteiger partial charge in [-0.15, -0.1) is 0 Å². The van der Waals surface area contributed by atoms with Crippen molar-refractivity contribution >= 4 is 5.82 Å². The van der Waals surface area contributed by atoms with E-state index < -0.39 is 0 Å². The molecule has 0 aliphatic rings. The summed E-state index contributed by atoms with van der Waals surface area (Å²) < 4.78 is 5.80. The Balaban J connectivity index is 1.93. The lowest BCUT2D eigenvalue weighted by atomic mass is 10.1. The Labute approximate surface area is 125 Å². The summed E-state index contributed by atoms with van der Waals surface area (Å²) in [7, 11) is 0. The molecule has 1 aromatic carbocycles. The maximum absolute atomic E-state index is 5.80. The van der Waals surface area contributed by atoms with Crippen LogP contribution in [0.5, 0.6) is 5.88 Å². The molecule has 0 amide bonds. The van der Waals surface area contributed by atoms with Gasteiger partial charge in [0.15, 0.2) is 0 Å². The van der Waals surface area contributed by atoms with Crippen molar-refractivity contribution in [2.75, 3.05) is 12.0 Å². The van der Waals surface area contributed by atoms with E-state index in [0.717, 1.165) is 30.7 Å². The van der Waals surface area contributed by atoms with Crippen LogP contribution in [-0.4, -0.2) is 16.6 Å². The maximum Gasteiger partial charge on any atom is 0.221 e. The highest BCUT2D eigenvalue weighted by Crippen LogP contribution is 2.21. The van der Waals surface area contributed by atoms with Crippen molar-refractivity contribution < 1.29 is 4.74 Å². The maximum atomic E-state index is 5.80. The molecular formula is C16H22N4O. The largest absolute Gasteiger partial charge is 0.477 e. The van der Waals surface area contributed by atoms with E-state index in [1.165, 1.54) is 5.56 Å². The number of hydrogen-bond acceptors (Lipinski definition) is 5. The van der Waals surface area contributed by atoms with Gasteiger partial charge < -0.3 is 10.2 Å². The molecule has 0 spiro atoms. The lowest BCUT2D eigenvalue weighted by Gasteiger charge is -2.12. The molecule has 0 atom stereocenters. The van der Waals surface area contributed by atoms with E-state index in [2.05, 4.69) is 39.7 Å². The van der Waals surface area contributed by atoms with Crippen molar-refractivity contribution in [3.63, 3.8) is 0 Å². The van der Waals surface area contributed by atoms with Gasteiger partial charge in [-0.25, -0.2) is 10.8 Å². The fourth-order valence-electron chi connectivity index (χ4n) is 2.07. The molecule has 0 saturated heterocycles. The van der Waals surface area contributed by atoms with Gasteiger partial charge in [-0.3, -0.25) is 0 Å². The minimum Gasteiger partial charge on any atom is -0.477 e. The highest BCUT2D eigenvalue weighted by Gasteiger charge is 2.10. The molecule has 0 radical (unpaired) electrons. The molecule has 0 fully saturated rings. The van der Waals surface area contributed by atoms with E-state index in [1.54, 1.807) is 0 Å². The number of aryl methyl sites for hydroxylation is 2. The van der Waals surface area contributed by atoms with Crippen molar-refractivity contribution in [2.45, 2.75) is 33.1 Å². The van der Waals surface area contributed by atoms with Gasteiger partial charge in [0.2, 0.25) is 5.88 Å². The number of ether oxygens (including phenoxy) is 1. The van der Waals surface area contributed by atoms with Crippen molar-refractivity contribution in [3.8, 4) is 5.88 Å². The molecule has 0 aliphatic carbocycles. The molecule has 0 aliphatic heterocycles. The number of benzene rings is 1. The molecule has 1 aromatic heterocycles. The zero-order valence-corrected chi connectivity index (χ0v) is 12.6. The Morgan fingerprint density at radius 3 is 2.62 bits per heavy atom. The van der Waals surface area contributed by atoms with Gasteiger partial charge in [-0.05, 0) is 25.3 Å². The van der Waals surface area contributed by atoms with E-state index in [0.29, 0.717) is 18.3 Å². The lowest BCUT2D eigenvalue weighted by Crippen LogP contribution is -2.14. The summed E-state index contributed by atoms with van der Waals surface area (Å²) in [4.78, 5) is 8.73. The second kappa shape index (κ2) is 7.59. The van der Waals surface area contributed by atoms with Gasteiger partial charge in [0.25, 0.3) is 0 Å². The number of rotatable bonds is 7. The number of nitrogens with one attached hydrogen (secondary N) is 1. The van der Waals surface area contributed by atoms with Crippen molar-refractivity contribution in [1.82, 2.24) is 9.97 Å². The van der Waals surface area contributed by atoms with Crippen molar-refractivity contribution in [2.24, 2.45) is 5.84 Å². The van der Waals surface area contributed by atoms with Gasteiger partial charge in [0.05, 0.1) is 12.2 Å². The molecule has 5 heteroatoms. The van der Waals surface area contributed by atoms with Crippen LogP contribution in [0.2, 0.25) is 0 Å². The fourth-order valence-corrected chi connectivity index (χ4v) is 2.07. The Morgan fingerprint density at radius 1 is 1.19 bits per heavy atom. The van der Waals surface area contributed by atoms with Crippen LogP contribution in [0.1, 0.15) is 30.3 Å². The lowest BCUT2D eigenvalue weighted by molar-refractivity contribution is 0.295. The zero-order valence-electron chi connectivity index (χ0n) is 12.6. The Kier molecular flexibility index (Phi) is 5.51. The normalized spacial score (nSPS) is 10.4. The van der Waals surface area contributed by atoms with Crippen LogP contribution in [0.25, 0.3) is 0 Å². The van der Waals surface area contributed by atoms with Crippen molar-refractivity contribution in [3.05, 3.63) is 47.3 Å². The molecule has 3 N–H and O–H groups in total. The minimum atomic E-state index is 0.614. The summed E-state index contributed by atoms with van der Waals surface area (Å²) in [5.41, 5.74) is 4.76. The summed E-state index contributed by atoms with van der Waals surface area (Å²) >= 11 is 0. The average Bonchev–Trinajstić information content (AvgIpc) is 2.54. The number of hydrogen-bond donors (Lipinski definition) is 2. The zero-order chi connectivity index (χ0) is 15.1. The van der Waals surface area contributed by atoms with Gasteiger partial charge in [-0.1, -0.05) is 37.3 Å². The third-order valence-electron chi connectivity index (χ3n) is 3.29. The van der Waals surface area contributed by atoms with Gasteiger partial charge in [0.1, 0.15) is 11.6 Å². The quantitative estimate of drug-likeness (QED) is 0.465. The van der Waals surface area contributed by atoms with E-state index in [1.807, 2.05) is 19.9 Å².